The van der Waals surface area contributed by atoms with E-state index in [-0.39, 0.29) is 6.42 Å². The third-order valence-corrected chi connectivity index (χ3v) is 7.12. The summed E-state index contributed by atoms with van der Waals surface area (Å²) in [4.78, 5) is 13.3. The molecule has 1 aliphatic rings. The van der Waals surface area contributed by atoms with Gasteiger partial charge in [-0.2, -0.15) is 0 Å². The minimum atomic E-state index is -3.30. The number of hydrogen-bond acceptors (Lipinski definition) is 3. The Labute approximate surface area is 184 Å². The lowest BCUT2D eigenvalue weighted by molar-refractivity contribution is -0.117. The van der Waals surface area contributed by atoms with Crippen molar-refractivity contribution in [3.63, 3.8) is 0 Å². The molecule has 0 aliphatic heterocycles. The lowest BCUT2D eigenvalue weighted by Crippen LogP contribution is -2.16. The molecule has 0 radical (unpaired) electrons. The molecule has 1 amide bonds. The third kappa shape index (κ3) is 4.77. The van der Waals surface area contributed by atoms with E-state index in [0.717, 1.165) is 41.5 Å². The SMILES string of the molecule is CNCc1ccc([S@@](N)(=O)=NC(=O)Cc2c(-c3ccccc3)ccc3c2CCC3)cc1. The van der Waals surface area contributed by atoms with Crippen LogP contribution < -0.4 is 10.5 Å². The molecule has 4 rings (SSSR count). The van der Waals surface area contributed by atoms with E-state index < -0.39 is 15.8 Å². The van der Waals surface area contributed by atoms with Gasteiger partial charge in [0.05, 0.1) is 11.3 Å². The number of fused-ring (bicyclic) bond motifs is 1. The van der Waals surface area contributed by atoms with Crippen LogP contribution in [0.2, 0.25) is 0 Å². The molecule has 5 nitrogen and oxygen atoms in total. The zero-order valence-corrected chi connectivity index (χ0v) is 18.5. The molecule has 3 aromatic carbocycles. The third-order valence-electron chi connectivity index (χ3n) is 5.69. The van der Waals surface area contributed by atoms with Gasteiger partial charge in [0, 0.05) is 6.54 Å². The number of nitrogens with one attached hydrogen (secondary N) is 1. The Balaban J connectivity index is 1.67. The van der Waals surface area contributed by atoms with E-state index in [1.165, 1.54) is 11.1 Å². The van der Waals surface area contributed by atoms with Crippen LogP contribution in [-0.4, -0.2) is 17.2 Å². The summed E-state index contributed by atoms with van der Waals surface area (Å²) in [5.41, 5.74) is 6.63. The molecule has 1 aliphatic carbocycles. The van der Waals surface area contributed by atoms with Gasteiger partial charge < -0.3 is 5.32 Å². The van der Waals surface area contributed by atoms with Gasteiger partial charge >= 0.3 is 0 Å². The van der Waals surface area contributed by atoms with E-state index in [0.29, 0.717) is 11.4 Å². The normalized spacial score (nSPS) is 14.6. The second kappa shape index (κ2) is 9.14. The number of aryl methyl sites for hydroxylation is 1. The number of benzene rings is 3. The maximum absolute atomic E-state index is 13.0. The van der Waals surface area contributed by atoms with Gasteiger partial charge in [-0.05, 0) is 71.8 Å². The molecule has 0 saturated heterocycles. The van der Waals surface area contributed by atoms with Crippen molar-refractivity contribution in [1.29, 1.82) is 0 Å². The summed E-state index contributed by atoms with van der Waals surface area (Å²) < 4.78 is 17.0. The number of amides is 1. The summed E-state index contributed by atoms with van der Waals surface area (Å²) in [5, 5.41) is 9.06. The lowest BCUT2D eigenvalue weighted by Gasteiger charge is -2.14. The predicted molar refractivity (Wildman–Crippen MR) is 125 cm³/mol. The maximum Gasteiger partial charge on any atom is 0.259 e. The number of nitrogens with zero attached hydrogens (tertiary/aromatic N) is 1. The van der Waals surface area contributed by atoms with Crippen molar-refractivity contribution in [3.05, 3.63) is 89.0 Å². The number of hydrogen-bond donors (Lipinski definition) is 2. The van der Waals surface area contributed by atoms with Crippen LogP contribution in [0, 0.1) is 0 Å². The average molecular weight is 434 g/mol. The summed E-state index contributed by atoms with van der Waals surface area (Å²) in [6, 6.07) is 21.3. The Morgan fingerprint density at radius 3 is 2.48 bits per heavy atom. The van der Waals surface area contributed by atoms with Crippen molar-refractivity contribution >= 4 is 15.8 Å². The lowest BCUT2D eigenvalue weighted by atomic mass is 9.91. The topological polar surface area (TPSA) is 84.5 Å². The molecule has 3 aromatic rings. The summed E-state index contributed by atoms with van der Waals surface area (Å²) in [7, 11) is -1.44. The van der Waals surface area contributed by atoms with E-state index in [2.05, 4.69) is 21.8 Å². The van der Waals surface area contributed by atoms with E-state index in [1.54, 1.807) is 12.1 Å². The second-order valence-electron chi connectivity index (χ2n) is 7.85. The number of carbonyl (C=O) groups excluding carboxylic acids is 1. The largest absolute Gasteiger partial charge is 0.316 e. The molecule has 0 spiro atoms. The van der Waals surface area contributed by atoms with Gasteiger partial charge in [-0.15, -0.1) is 4.36 Å². The Morgan fingerprint density at radius 1 is 1.03 bits per heavy atom. The van der Waals surface area contributed by atoms with E-state index >= 15 is 0 Å². The van der Waals surface area contributed by atoms with Gasteiger partial charge in [0.15, 0.2) is 0 Å². The molecule has 0 fully saturated rings. The molecule has 0 aromatic heterocycles. The second-order valence-corrected chi connectivity index (χ2v) is 9.64. The maximum atomic E-state index is 13.0. The van der Waals surface area contributed by atoms with Crippen LogP contribution in [0.25, 0.3) is 11.1 Å². The molecule has 160 valence electrons. The van der Waals surface area contributed by atoms with Crippen LogP contribution in [0.3, 0.4) is 0 Å². The predicted octanol–water partition coefficient (Wildman–Crippen LogP) is 4.03. The van der Waals surface area contributed by atoms with Crippen molar-refractivity contribution in [2.24, 2.45) is 9.50 Å². The first-order valence-electron chi connectivity index (χ1n) is 10.5. The fourth-order valence-electron chi connectivity index (χ4n) is 4.23. The molecule has 3 N–H and O–H groups in total. The standard InChI is InChI=1S/C25H27N3O2S/c1-27-17-18-10-13-21(14-11-18)31(26,30)28-25(29)16-24-22-9-5-8-20(22)12-15-23(24)19-6-3-2-4-7-19/h2-4,6-7,10-15,27H,5,8-9,16-17H2,1H3,(H2,26,28,29,30)/t31-/m0/s1. The summed E-state index contributed by atoms with van der Waals surface area (Å²) >= 11 is 0. The molecule has 31 heavy (non-hydrogen) atoms. The Morgan fingerprint density at radius 2 is 1.77 bits per heavy atom. The number of rotatable bonds is 6. The summed E-state index contributed by atoms with van der Waals surface area (Å²) in [6.45, 7) is 0.698. The first-order chi connectivity index (χ1) is 15.0. The molecule has 6 heteroatoms. The molecule has 1 atom stereocenters. The highest BCUT2D eigenvalue weighted by Crippen LogP contribution is 2.34. The van der Waals surface area contributed by atoms with Crippen molar-refractivity contribution in [2.75, 3.05) is 7.05 Å². The van der Waals surface area contributed by atoms with Crippen LogP contribution in [0.5, 0.6) is 0 Å². The summed E-state index contributed by atoms with van der Waals surface area (Å²) in [6.07, 6.45) is 3.15. The van der Waals surface area contributed by atoms with Crippen molar-refractivity contribution in [3.8, 4) is 11.1 Å². The first kappa shape index (κ1) is 21.4. The fourth-order valence-corrected chi connectivity index (χ4v) is 5.23. The minimum Gasteiger partial charge on any atom is -0.316 e. The number of nitrogens with two attached hydrogens (primary N) is 1. The van der Waals surface area contributed by atoms with Crippen molar-refractivity contribution < 1.29 is 9.00 Å². The molecular formula is C25H27N3O2S. The Bertz CT molecular complexity index is 1210. The van der Waals surface area contributed by atoms with Crippen LogP contribution in [-0.2, 0) is 40.5 Å². The molecule has 0 heterocycles. The molecule has 0 saturated carbocycles. The van der Waals surface area contributed by atoms with Crippen LogP contribution in [0.1, 0.15) is 28.7 Å². The van der Waals surface area contributed by atoms with E-state index in [1.807, 2.05) is 49.5 Å². The van der Waals surface area contributed by atoms with Crippen LogP contribution in [0.15, 0.2) is 76.0 Å². The van der Waals surface area contributed by atoms with Crippen LogP contribution >= 0.6 is 0 Å². The quantitative estimate of drug-likeness (QED) is 0.615. The Hall–Kier alpha value is -2.80. The van der Waals surface area contributed by atoms with Gasteiger partial charge in [-0.3, -0.25) is 4.79 Å². The molecule has 0 bridgehead atoms. The number of carbonyl (C=O) groups is 1. The Kier molecular flexibility index (Phi) is 6.32. The van der Waals surface area contributed by atoms with E-state index in [4.69, 9.17) is 5.14 Å². The highest BCUT2D eigenvalue weighted by Gasteiger charge is 2.21. The minimum absolute atomic E-state index is 0.0967. The highest BCUT2D eigenvalue weighted by molar-refractivity contribution is 7.91. The van der Waals surface area contributed by atoms with Crippen LogP contribution in [0.4, 0.5) is 0 Å². The van der Waals surface area contributed by atoms with E-state index in [9.17, 15) is 9.00 Å². The monoisotopic (exact) mass is 433 g/mol. The summed E-state index contributed by atoms with van der Waals surface area (Å²) in [5.74, 6) is -0.454. The first-order valence-corrected chi connectivity index (χ1v) is 12.1. The zero-order valence-electron chi connectivity index (χ0n) is 17.6. The highest BCUT2D eigenvalue weighted by atomic mass is 32.2. The van der Waals surface area contributed by atoms with Crippen molar-refractivity contribution in [2.45, 2.75) is 37.1 Å². The van der Waals surface area contributed by atoms with Gasteiger partial charge in [-0.1, -0.05) is 54.6 Å². The van der Waals surface area contributed by atoms with Gasteiger partial charge in [0.1, 0.15) is 9.92 Å². The molecular weight excluding hydrogens is 406 g/mol. The zero-order chi connectivity index (χ0) is 21.8. The van der Waals surface area contributed by atoms with Gasteiger partial charge in [0.2, 0.25) is 0 Å². The fraction of sp³-hybridized carbons (Fsp3) is 0.240. The van der Waals surface area contributed by atoms with Gasteiger partial charge in [-0.25, -0.2) is 9.35 Å². The smallest absolute Gasteiger partial charge is 0.259 e. The van der Waals surface area contributed by atoms with Gasteiger partial charge in [0.25, 0.3) is 5.91 Å². The molecule has 0 unspecified atom stereocenters. The average Bonchev–Trinajstić information content (AvgIpc) is 3.24. The van der Waals surface area contributed by atoms with Crippen molar-refractivity contribution in [1.82, 2.24) is 5.32 Å².